The number of carbonyl (C=O) groups is 1. The van der Waals surface area contributed by atoms with Crippen LogP contribution in [0.2, 0.25) is 0 Å². The van der Waals surface area contributed by atoms with E-state index in [-0.39, 0.29) is 6.04 Å². The minimum Gasteiger partial charge on any atom is -0.349 e. The van der Waals surface area contributed by atoms with E-state index >= 15 is 0 Å². The average molecular weight is 153 g/mol. The predicted octanol–water partition coefficient (Wildman–Crippen LogP) is 0.227. The molecule has 1 rings (SSSR count). The number of hydrogen-bond donors (Lipinski definition) is 1. The van der Waals surface area contributed by atoms with Crippen LogP contribution in [0.25, 0.3) is 0 Å². The second-order valence-corrected chi connectivity index (χ2v) is 2.40. The molecule has 4 nitrogen and oxygen atoms in total. The van der Waals surface area contributed by atoms with Gasteiger partial charge in [0.15, 0.2) is 0 Å². The monoisotopic (exact) mass is 153 g/mol. The molecule has 0 aliphatic heterocycles. The number of rotatable bonds is 3. The number of nitrogens with one attached hydrogen (secondary N) is 1. The number of hydrogen-bond acceptors (Lipinski definition) is 2. The van der Waals surface area contributed by atoms with Gasteiger partial charge >= 0.3 is 0 Å². The van der Waals surface area contributed by atoms with Crippen LogP contribution in [0, 0.1) is 0 Å². The van der Waals surface area contributed by atoms with Crippen LogP contribution >= 0.6 is 0 Å². The highest BCUT2D eigenvalue weighted by Crippen LogP contribution is 2.06. The highest BCUT2D eigenvalue weighted by atomic mass is 16.1. The van der Waals surface area contributed by atoms with E-state index < -0.39 is 0 Å². The summed E-state index contributed by atoms with van der Waals surface area (Å²) in [4.78, 5) is 14.1. The smallest absolute Gasteiger partial charge is 0.207 e. The quantitative estimate of drug-likeness (QED) is 0.632. The van der Waals surface area contributed by atoms with Crippen LogP contribution in [-0.2, 0) is 11.8 Å². The van der Waals surface area contributed by atoms with E-state index in [1.165, 1.54) is 0 Å². The van der Waals surface area contributed by atoms with Gasteiger partial charge in [0.25, 0.3) is 0 Å². The molecule has 1 aromatic heterocycles. The minimum atomic E-state index is -0.0208. The highest BCUT2D eigenvalue weighted by Gasteiger charge is 2.07. The van der Waals surface area contributed by atoms with Gasteiger partial charge in [0, 0.05) is 19.4 Å². The molecule has 1 atom stereocenters. The Morgan fingerprint density at radius 1 is 1.82 bits per heavy atom. The zero-order valence-electron chi connectivity index (χ0n) is 6.61. The molecular formula is C7H11N3O. The fourth-order valence-electron chi connectivity index (χ4n) is 0.971. The molecule has 1 aromatic rings. The lowest BCUT2D eigenvalue weighted by Gasteiger charge is -2.08. The number of carbonyl (C=O) groups excluding carboxylic acids is 1. The number of imidazole rings is 1. The molecule has 1 heterocycles. The Bertz CT molecular complexity index is 244. The fraction of sp³-hybridized carbons (Fsp3) is 0.429. The van der Waals surface area contributed by atoms with Crippen molar-refractivity contribution in [1.29, 1.82) is 0 Å². The van der Waals surface area contributed by atoms with Crippen molar-refractivity contribution in [3.05, 3.63) is 18.2 Å². The lowest BCUT2D eigenvalue weighted by Crippen LogP contribution is -2.19. The molecular weight excluding hydrogens is 142 g/mol. The van der Waals surface area contributed by atoms with Gasteiger partial charge in [-0.3, -0.25) is 4.79 Å². The molecule has 60 valence electrons. The van der Waals surface area contributed by atoms with Gasteiger partial charge in [0.1, 0.15) is 5.82 Å². The van der Waals surface area contributed by atoms with Crippen molar-refractivity contribution < 1.29 is 4.79 Å². The first-order valence-corrected chi connectivity index (χ1v) is 3.42. The Hall–Kier alpha value is -1.32. The van der Waals surface area contributed by atoms with Crippen molar-refractivity contribution in [2.45, 2.75) is 13.0 Å². The normalized spacial score (nSPS) is 12.5. The first kappa shape index (κ1) is 7.78. The van der Waals surface area contributed by atoms with E-state index in [4.69, 9.17) is 0 Å². The molecule has 1 unspecified atom stereocenters. The third-order valence-corrected chi connectivity index (χ3v) is 1.56. The van der Waals surface area contributed by atoms with Crippen molar-refractivity contribution in [2.24, 2.45) is 7.05 Å². The summed E-state index contributed by atoms with van der Waals surface area (Å²) in [6, 6.07) is -0.0208. The highest BCUT2D eigenvalue weighted by molar-refractivity contribution is 5.46. The molecule has 0 fully saturated rings. The maximum Gasteiger partial charge on any atom is 0.207 e. The minimum absolute atomic E-state index is 0.0208. The lowest BCUT2D eigenvalue weighted by molar-refractivity contribution is -0.110. The summed E-state index contributed by atoms with van der Waals surface area (Å²) in [5.41, 5.74) is 0. The Balaban J connectivity index is 2.74. The van der Waals surface area contributed by atoms with Crippen LogP contribution < -0.4 is 5.32 Å². The summed E-state index contributed by atoms with van der Waals surface area (Å²) in [5.74, 6) is 0.858. The predicted molar refractivity (Wildman–Crippen MR) is 40.8 cm³/mol. The van der Waals surface area contributed by atoms with Crippen LogP contribution in [0.3, 0.4) is 0 Å². The van der Waals surface area contributed by atoms with Crippen LogP contribution in [0.4, 0.5) is 0 Å². The molecule has 0 bridgehead atoms. The molecule has 0 saturated carbocycles. The van der Waals surface area contributed by atoms with Gasteiger partial charge in [-0.05, 0) is 6.92 Å². The van der Waals surface area contributed by atoms with Gasteiger partial charge in [0.2, 0.25) is 6.41 Å². The van der Waals surface area contributed by atoms with Crippen molar-refractivity contribution in [3.8, 4) is 0 Å². The van der Waals surface area contributed by atoms with Gasteiger partial charge in [-0.2, -0.15) is 0 Å². The molecule has 0 aromatic carbocycles. The first-order chi connectivity index (χ1) is 5.25. The summed E-state index contributed by atoms with van der Waals surface area (Å²) >= 11 is 0. The molecule has 0 spiro atoms. The first-order valence-electron chi connectivity index (χ1n) is 3.42. The van der Waals surface area contributed by atoms with Crippen molar-refractivity contribution in [1.82, 2.24) is 14.9 Å². The van der Waals surface area contributed by atoms with Gasteiger partial charge in [-0.1, -0.05) is 0 Å². The summed E-state index contributed by atoms with van der Waals surface area (Å²) in [6.07, 6.45) is 4.23. The Kier molecular flexibility index (Phi) is 2.25. The molecule has 4 heteroatoms. The average Bonchev–Trinajstić information content (AvgIpc) is 2.36. The SMILES string of the molecule is CC(NC=O)c1nccn1C. The summed E-state index contributed by atoms with van der Waals surface area (Å²) in [5, 5.41) is 2.62. The molecule has 0 radical (unpaired) electrons. The van der Waals surface area contributed by atoms with E-state index in [9.17, 15) is 4.79 Å². The van der Waals surface area contributed by atoms with E-state index in [2.05, 4.69) is 10.3 Å². The molecule has 1 amide bonds. The number of aromatic nitrogens is 2. The van der Waals surface area contributed by atoms with Crippen molar-refractivity contribution >= 4 is 6.41 Å². The topological polar surface area (TPSA) is 46.9 Å². The van der Waals surface area contributed by atoms with Gasteiger partial charge in [-0.25, -0.2) is 4.98 Å². The van der Waals surface area contributed by atoms with Crippen LogP contribution in [0.1, 0.15) is 18.8 Å². The van der Waals surface area contributed by atoms with E-state index in [1.807, 2.05) is 24.7 Å². The summed E-state index contributed by atoms with van der Waals surface area (Å²) in [7, 11) is 1.89. The van der Waals surface area contributed by atoms with Crippen molar-refractivity contribution in [3.63, 3.8) is 0 Å². The summed E-state index contributed by atoms with van der Waals surface area (Å²) in [6.45, 7) is 1.89. The molecule has 0 aliphatic rings. The third-order valence-electron chi connectivity index (χ3n) is 1.56. The fourth-order valence-corrected chi connectivity index (χ4v) is 0.971. The second kappa shape index (κ2) is 3.18. The van der Waals surface area contributed by atoms with E-state index in [1.54, 1.807) is 6.20 Å². The number of nitrogens with zero attached hydrogens (tertiary/aromatic N) is 2. The van der Waals surface area contributed by atoms with E-state index in [0.29, 0.717) is 6.41 Å². The lowest BCUT2D eigenvalue weighted by atomic mass is 10.3. The largest absolute Gasteiger partial charge is 0.349 e. The Labute approximate surface area is 65.2 Å². The molecule has 1 N–H and O–H groups in total. The molecule has 11 heavy (non-hydrogen) atoms. The number of aryl methyl sites for hydroxylation is 1. The third kappa shape index (κ3) is 1.58. The second-order valence-electron chi connectivity index (χ2n) is 2.40. The zero-order valence-corrected chi connectivity index (χ0v) is 6.61. The zero-order chi connectivity index (χ0) is 8.27. The van der Waals surface area contributed by atoms with Gasteiger partial charge in [0.05, 0.1) is 6.04 Å². The maximum atomic E-state index is 10.1. The Morgan fingerprint density at radius 3 is 3.00 bits per heavy atom. The van der Waals surface area contributed by atoms with Gasteiger partial charge in [-0.15, -0.1) is 0 Å². The van der Waals surface area contributed by atoms with Crippen LogP contribution in [0.15, 0.2) is 12.4 Å². The van der Waals surface area contributed by atoms with Crippen LogP contribution in [-0.4, -0.2) is 16.0 Å². The van der Waals surface area contributed by atoms with Crippen LogP contribution in [0.5, 0.6) is 0 Å². The standard InChI is InChI=1S/C7H11N3O/c1-6(9-5-11)7-8-3-4-10(7)2/h3-6H,1-2H3,(H,9,11). The maximum absolute atomic E-state index is 10.1. The summed E-state index contributed by atoms with van der Waals surface area (Å²) < 4.78 is 1.88. The van der Waals surface area contributed by atoms with Gasteiger partial charge < -0.3 is 9.88 Å². The Morgan fingerprint density at radius 2 is 2.55 bits per heavy atom. The van der Waals surface area contributed by atoms with E-state index in [0.717, 1.165) is 5.82 Å². The molecule has 0 saturated heterocycles. The van der Waals surface area contributed by atoms with Crippen molar-refractivity contribution in [2.75, 3.05) is 0 Å². The number of amides is 1. The molecule has 0 aliphatic carbocycles.